The number of methoxy groups -OCH3 is 1. The third kappa shape index (κ3) is 3.47. The summed E-state index contributed by atoms with van der Waals surface area (Å²) in [6, 6.07) is 1.84. The standard InChI is InChI=1S/C11H16ClNO2S/c1-3-8-4-5-16-10(8)11(14)13-9(6-12)7-15-2/h4-5,9H,3,6-7H2,1-2H3,(H,13,14). The minimum absolute atomic E-state index is 0.0606. The molecule has 1 aromatic rings. The molecule has 1 atom stereocenters. The second kappa shape index (κ2) is 6.89. The zero-order chi connectivity index (χ0) is 12.0. The first kappa shape index (κ1) is 13.5. The summed E-state index contributed by atoms with van der Waals surface area (Å²) in [7, 11) is 1.59. The monoisotopic (exact) mass is 261 g/mol. The summed E-state index contributed by atoms with van der Waals surface area (Å²) in [6.07, 6.45) is 0.863. The topological polar surface area (TPSA) is 38.3 Å². The van der Waals surface area contributed by atoms with Gasteiger partial charge >= 0.3 is 0 Å². The number of hydrogen-bond donors (Lipinski definition) is 1. The Morgan fingerprint density at radius 3 is 3.00 bits per heavy atom. The maximum absolute atomic E-state index is 11.9. The van der Waals surface area contributed by atoms with Crippen molar-refractivity contribution in [2.45, 2.75) is 19.4 Å². The van der Waals surface area contributed by atoms with Crippen molar-refractivity contribution in [3.8, 4) is 0 Å². The molecular formula is C11H16ClNO2S. The van der Waals surface area contributed by atoms with Crippen LogP contribution in [0.1, 0.15) is 22.2 Å². The first-order valence-electron chi connectivity index (χ1n) is 5.15. The van der Waals surface area contributed by atoms with Crippen LogP contribution >= 0.6 is 22.9 Å². The average molecular weight is 262 g/mol. The molecular weight excluding hydrogens is 246 g/mol. The van der Waals surface area contributed by atoms with E-state index in [1.54, 1.807) is 7.11 Å². The smallest absolute Gasteiger partial charge is 0.261 e. The van der Waals surface area contributed by atoms with Gasteiger partial charge in [-0.1, -0.05) is 6.92 Å². The van der Waals surface area contributed by atoms with E-state index in [0.717, 1.165) is 16.9 Å². The normalized spacial score (nSPS) is 12.4. The Kier molecular flexibility index (Phi) is 5.80. The molecule has 0 saturated carbocycles. The van der Waals surface area contributed by atoms with Crippen LogP contribution in [0.25, 0.3) is 0 Å². The molecule has 0 aliphatic carbocycles. The Labute approximate surface area is 105 Å². The van der Waals surface area contributed by atoms with Crippen molar-refractivity contribution in [3.05, 3.63) is 21.9 Å². The van der Waals surface area contributed by atoms with Crippen molar-refractivity contribution in [1.29, 1.82) is 0 Å². The highest BCUT2D eigenvalue weighted by molar-refractivity contribution is 7.12. The van der Waals surface area contributed by atoms with E-state index in [-0.39, 0.29) is 11.9 Å². The van der Waals surface area contributed by atoms with Crippen LogP contribution in [0.3, 0.4) is 0 Å². The molecule has 0 aliphatic heterocycles. The molecule has 0 saturated heterocycles. The highest BCUT2D eigenvalue weighted by Crippen LogP contribution is 2.17. The fourth-order valence-corrected chi connectivity index (χ4v) is 2.45. The molecule has 1 N–H and O–H groups in total. The fraction of sp³-hybridized carbons (Fsp3) is 0.545. The SMILES string of the molecule is CCc1ccsc1C(=O)NC(CCl)COC. The third-order valence-electron chi connectivity index (χ3n) is 2.22. The predicted molar refractivity (Wildman–Crippen MR) is 67.5 cm³/mol. The Morgan fingerprint density at radius 1 is 1.69 bits per heavy atom. The Hall–Kier alpha value is -0.580. The van der Waals surface area contributed by atoms with Crippen LogP contribution in [-0.4, -0.2) is 31.5 Å². The molecule has 90 valence electrons. The number of aryl methyl sites for hydroxylation is 1. The number of amides is 1. The lowest BCUT2D eigenvalue weighted by Gasteiger charge is -2.14. The number of hydrogen-bond acceptors (Lipinski definition) is 3. The van der Waals surface area contributed by atoms with Crippen LogP contribution in [0.5, 0.6) is 0 Å². The van der Waals surface area contributed by atoms with Gasteiger partial charge in [0.05, 0.1) is 17.5 Å². The maximum Gasteiger partial charge on any atom is 0.261 e. The molecule has 1 amide bonds. The molecule has 0 aromatic carbocycles. The van der Waals surface area contributed by atoms with Crippen molar-refractivity contribution < 1.29 is 9.53 Å². The first-order chi connectivity index (χ1) is 7.72. The number of nitrogens with one attached hydrogen (secondary N) is 1. The van der Waals surface area contributed by atoms with E-state index < -0.39 is 0 Å². The first-order valence-corrected chi connectivity index (χ1v) is 6.56. The van der Waals surface area contributed by atoms with Crippen LogP contribution in [0.2, 0.25) is 0 Å². The number of thiophene rings is 1. The second-order valence-electron chi connectivity index (χ2n) is 3.41. The molecule has 0 radical (unpaired) electrons. The largest absolute Gasteiger partial charge is 0.383 e. The third-order valence-corrected chi connectivity index (χ3v) is 3.55. The van der Waals surface area contributed by atoms with E-state index in [2.05, 4.69) is 5.32 Å². The molecule has 0 spiro atoms. The number of ether oxygens (including phenoxy) is 1. The number of halogens is 1. The lowest BCUT2D eigenvalue weighted by atomic mass is 10.2. The van der Waals surface area contributed by atoms with Crippen molar-refractivity contribution in [2.75, 3.05) is 19.6 Å². The Balaban J connectivity index is 2.64. The lowest BCUT2D eigenvalue weighted by molar-refractivity contribution is 0.0910. The van der Waals surface area contributed by atoms with Crippen LogP contribution in [0.15, 0.2) is 11.4 Å². The van der Waals surface area contributed by atoms with Crippen LogP contribution < -0.4 is 5.32 Å². The van der Waals surface area contributed by atoms with Crippen LogP contribution in [0, 0.1) is 0 Å². The van der Waals surface area contributed by atoms with E-state index in [4.69, 9.17) is 16.3 Å². The maximum atomic E-state index is 11.9. The van der Waals surface area contributed by atoms with Gasteiger partial charge < -0.3 is 10.1 Å². The molecule has 3 nitrogen and oxygen atoms in total. The van der Waals surface area contributed by atoms with E-state index in [1.165, 1.54) is 11.3 Å². The minimum Gasteiger partial charge on any atom is -0.383 e. The summed E-state index contributed by atoms with van der Waals surface area (Å²) in [4.78, 5) is 12.7. The van der Waals surface area contributed by atoms with Crippen molar-refractivity contribution in [3.63, 3.8) is 0 Å². The van der Waals surface area contributed by atoms with Crippen molar-refractivity contribution in [1.82, 2.24) is 5.32 Å². The molecule has 1 rings (SSSR count). The van der Waals surface area contributed by atoms with Gasteiger partial charge in [0.15, 0.2) is 0 Å². The van der Waals surface area contributed by atoms with E-state index >= 15 is 0 Å². The number of rotatable bonds is 6. The molecule has 5 heteroatoms. The van der Waals surface area contributed by atoms with Gasteiger partial charge in [0.25, 0.3) is 5.91 Å². The Morgan fingerprint density at radius 2 is 2.44 bits per heavy atom. The van der Waals surface area contributed by atoms with E-state index in [9.17, 15) is 4.79 Å². The quantitative estimate of drug-likeness (QED) is 0.798. The summed E-state index contributed by atoms with van der Waals surface area (Å²) in [5, 5.41) is 4.79. The van der Waals surface area contributed by atoms with Crippen molar-refractivity contribution in [2.24, 2.45) is 0 Å². The lowest BCUT2D eigenvalue weighted by Crippen LogP contribution is -2.39. The van der Waals surface area contributed by atoms with Gasteiger partial charge in [-0.05, 0) is 23.4 Å². The molecule has 1 heterocycles. The summed E-state index contributed by atoms with van der Waals surface area (Å²) in [6.45, 7) is 2.47. The highest BCUT2D eigenvalue weighted by Gasteiger charge is 2.16. The molecule has 0 bridgehead atoms. The zero-order valence-corrected chi connectivity index (χ0v) is 11.0. The molecule has 0 aliphatic rings. The van der Waals surface area contributed by atoms with E-state index in [1.807, 2.05) is 18.4 Å². The molecule has 1 aromatic heterocycles. The molecule has 0 fully saturated rings. The van der Waals surface area contributed by atoms with Gasteiger partial charge in [-0.2, -0.15) is 0 Å². The number of carbonyl (C=O) groups is 1. The van der Waals surface area contributed by atoms with Crippen LogP contribution in [0.4, 0.5) is 0 Å². The summed E-state index contributed by atoms with van der Waals surface area (Å²) in [5.74, 6) is 0.293. The second-order valence-corrected chi connectivity index (χ2v) is 4.63. The van der Waals surface area contributed by atoms with Gasteiger partial charge in [-0.15, -0.1) is 22.9 Å². The zero-order valence-electron chi connectivity index (χ0n) is 9.46. The average Bonchev–Trinajstić information content (AvgIpc) is 2.76. The molecule has 16 heavy (non-hydrogen) atoms. The van der Waals surface area contributed by atoms with Gasteiger partial charge in [0, 0.05) is 13.0 Å². The highest BCUT2D eigenvalue weighted by atomic mass is 35.5. The molecule has 1 unspecified atom stereocenters. The fourth-order valence-electron chi connectivity index (χ4n) is 1.39. The van der Waals surface area contributed by atoms with Crippen LogP contribution in [-0.2, 0) is 11.2 Å². The summed E-state index contributed by atoms with van der Waals surface area (Å²) in [5.41, 5.74) is 1.08. The van der Waals surface area contributed by atoms with Gasteiger partial charge in [0.1, 0.15) is 0 Å². The Bertz CT molecular complexity index is 340. The van der Waals surface area contributed by atoms with Gasteiger partial charge in [-0.3, -0.25) is 4.79 Å². The number of alkyl halides is 1. The number of carbonyl (C=O) groups excluding carboxylic acids is 1. The predicted octanol–water partition coefficient (Wildman–Crippen LogP) is 2.29. The van der Waals surface area contributed by atoms with Crippen molar-refractivity contribution >= 4 is 28.8 Å². The summed E-state index contributed by atoms with van der Waals surface area (Å²) >= 11 is 7.19. The van der Waals surface area contributed by atoms with Gasteiger partial charge in [0.2, 0.25) is 0 Å². The minimum atomic E-state index is -0.133. The summed E-state index contributed by atoms with van der Waals surface area (Å²) < 4.78 is 4.97. The van der Waals surface area contributed by atoms with Gasteiger partial charge in [-0.25, -0.2) is 0 Å². The van der Waals surface area contributed by atoms with E-state index in [0.29, 0.717) is 12.5 Å².